The highest BCUT2D eigenvalue weighted by molar-refractivity contribution is 5.75. The van der Waals surface area contributed by atoms with Crippen LogP contribution < -0.4 is 11.1 Å². The summed E-state index contributed by atoms with van der Waals surface area (Å²) < 4.78 is 36.4. The lowest BCUT2D eigenvalue weighted by Crippen LogP contribution is -2.35. The van der Waals surface area contributed by atoms with E-state index in [1.165, 1.54) is 4.90 Å². The number of carbonyl (C=O) groups excluding carboxylic acids is 1. The molecule has 0 aromatic rings. The summed E-state index contributed by atoms with van der Waals surface area (Å²) in [5.74, 6) is -0.0270. The number of nitrogens with zero attached hydrogens (tertiary/aromatic N) is 1. The van der Waals surface area contributed by atoms with Crippen LogP contribution in [0.1, 0.15) is 12.8 Å². The largest absolute Gasteiger partial charge is 0.401 e. The maximum absolute atomic E-state index is 12.1. The van der Waals surface area contributed by atoms with Crippen LogP contribution in [0.2, 0.25) is 0 Å². The lowest BCUT2D eigenvalue weighted by atomic mass is 10.1. The van der Waals surface area contributed by atoms with Crippen molar-refractivity contribution in [2.24, 2.45) is 11.7 Å². The molecule has 0 spiro atoms. The van der Waals surface area contributed by atoms with E-state index in [1.807, 2.05) is 0 Å². The molecule has 1 aliphatic rings. The smallest absolute Gasteiger partial charge is 0.356 e. The number of amides is 1. The lowest BCUT2D eigenvalue weighted by Gasteiger charge is -2.17. The van der Waals surface area contributed by atoms with Gasteiger partial charge in [-0.1, -0.05) is 0 Å². The summed E-state index contributed by atoms with van der Waals surface area (Å²) in [7, 11) is 0. The van der Waals surface area contributed by atoms with Gasteiger partial charge in [0.05, 0.1) is 6.54 Å². The number of nitrogens with two attached hydrogens (primary N) is 1. The van der Waals surface area contributed by atoms with Gasteiger partial charge in [0.2, 0.25) is 5.91 Å². The van der Waals surface area contributed by atoms with E-state index >= 15 is 0 Å². The molecule has 1 rings (SSSR count). The van der Waals surface area contributed by atoms with E-state index in [0.29, 0.717) is 26.1 Å². The van der Waals surface area contributed by atoms with Gasteiger partial charge in [-0.05, 0) is 18.9 Å². The average molecular weight is 253 g/mol. The molecule has 1 aliphatic heterocycles. The topological polar surface area (TPSA) is 58.4 Å². The van der Waals surface area contributed by atoms with E-state index in [4.69, 9.17) is 5.73 Å². The van der Waals surface area contributed by atoms with Gasteiger partial charge in [0.1, 0.15) is 0 Å². The Morgan fingerprint density at radius 1 is 1.47 bits per heavy atom. The van der Waals surface area contributed by atoms with Crippen LogP contribution in [0.5, 0.6) is 0 Å². The van der Waals surface area contributed by atoms with Crippen LogP contribution in [-0.2, 0) is 4.79 Å². The quantitative estimate of drug-likeness (QED) is 0.742. The fraction of sp³-hybridized carbons (Fsp3) is 0.900. The molecule has 1 heterocycles. The minimum Gasteiger partial charge on any atom is -0.356 e. The molecule has 0 aliphatic carbocycles. The lowest BCUT2D eigenvalue weighted by molar-refractivity contribution is -0.143. The Hall–Kier alpha value is -0.820. The number of alkyl halides is 3. The van der Waals surface area contributed by atoms with Gasteiger partial charge >= 0.3 is 6.18 Å². The van der Waals surface area contributed by atoms with Crippen molar-refractivity contribution in [3.05, 3.63) is 0 Å². The number of carbonyl (C=O) groups is 1. The summed E-state index contributed by atoms with van der Waals surface area (Å²) in [6, 6.07) is 0. The number of hydrogen-bond donors (Lipinski definition) is 2. The monoisotopic (exact) mass is 253 g/mol. The van der Waals surface area contributed by atoms with Crippen LogP contribution in [0, 0.1) is 5.92 Å². The summed E-state index contributed by atoms with van der Waals surface area (Å²) in [4.78, 5) is 12.5. The predicted octanol–water partition coefficient (Wildman–Crippen LogP) is 0.336. The number of halogens is 3. The zero-order valence-electron chi connectivity index (χ0n) is 9.59. The van der Waals surface area contributed by atoms with Crippen molar-refractivity contribution in [2.75, 3.05) is 32.7 Å². The molecular formula is C10H18F3N3O. The summed E-state index contributed by atoms with van der Waals surface area (Å²) in [6.45, 7) is 0.698. The summed E-state index contributed by atoms with van der Waals surface area (Å²) in [6.07, 6.45) is -3.18. The Labute approximate surface area is 98.3 Å². The van der Waals surface area contributed by atoms with Crippen LogP contribution in [0.4, 0.5) is 13.2 Å². The molecule has 7 heteroatoms. The van der Waals surface area contributed by atoms with Crippen LogP contribution >= 0.6 is 0 Å². The van der Waals surface area contributed by atoms with Gasteiger partial charge in [0.15, 0.2) is 0 Å². The minimum atomic E-state index is -4.14. The third-order valence-corrected chi connectivity index (χ3v) is 2.73. The normalized spacial score (nSPS) is 21.8. The Bertz CT molecular complexity index is 258. The molecule has 3 N–H and O–H groups in total. The highest BCUT2D eigenvalue weighted by Gasteiger charge is 2.34. The molecule has 1 amide bonds. The van der Waals surface area contributed by atoms with E-state index in [2.05, 4.69) is 5.32 Å². The van der Waals surface area contributed by atoms with Crippen molar-refractivity contribution in [2.45, 2.75) is 19.0 Å². The molecule has 100 valence electrons. The van der Waals surface area contributed by atoms with E-state index in [0.717, 1.165) is 0 Å². The fourth-order valence-electron chi connectivity index (χ4n) is 1.95. The van der Waals surface area contributed by atoms with Gasteiger partial charge in [-0.15, -0.1) is 0 Å². The van der Waals surface area contributed by atoms with Crippen LogP contribution in [0.25, 0.3) is 0 Å². The predicted molar refractivity (Wildman–Crippen MR) is 57.3 cm³/mol. The molecule has 17 heavy (non-hydrogen) atoms. The van der Waals surface area contributed by atoms with Crippen molar-refractivity contribution in [1.82, 2.24) is 10.2 Å². The third-order valence-electron chi connectivity index (χ3n) is 2.73. The summed E-state index contributed by atoms with van der Waals surface area (Å²) in [5.41, 5.74) is 5.21. The first-order chi connectivity index (χ1) is 7.90. The first-order valence-corrected chi connectivity index (χ1v) is 5.66. The Kier molecular flexibility index (Phi) is 5.20. The Morgan fingerprint density at radius 3 is 2.76 bits per heavy atom. The average Bonchev–Trinajstić information content (AvgIpc) is 2.60. The number of rotatable bonds is 5. The zero-order valence-corrected chi connectivity index (χ0v) is 9.59. The molecule has 0 bridgehead atoms. The second-order valence-electron chi connectivity index (χ2n) is 4.35. The summed E-state index contributed by atoms with van der Waals surface area (Å²) >= 11 is 0. The molecule has 1 unspecified atom stereocenters. The van der Waals surface area contributed by atoms with Crippen molar-refractivity contribution in [1.29, 1.82) is 0 Å². The Morgan fingerprint density at radius 2 is 2.18 bits per heavy atom. The molecule has 1 atom stereocenters. The molecule has 1 fully saturated rings. The molecule has 4 nitrogen and oxygen atoms in total. The maximum Gasteiger partial charge on any atom is 0.401 e. The molecule has 1 saturated heterocycles. The second-order valence-corrected chi connectivity index (χ2v) is 4.35. The van der Waals surface area contributed by atoms with Gasteiger partial charge in [-0.25, -0.2) is 0 Å². The first-order valence-electron chi connectivity index (χ1n) is 5.66. The fourth-order valence-corrected chi connectivity index (χ4v) is 1.95. The van der Waals surface area contributed by atoms with E-state index in [-0.39, 0.29) is 24.8 Å². The number of hydrogen-bond acceptors (Lipinski definition) is 3. The van der Waals surface area contributed by atoms with Crippen LogP contribution in [0.3, 0.4) is 0 Å². The second kappa shape index (κ2) is 6.20. The molecule has 0 aromatic heterocycles. The van der Waals surface area contributed by atoms with Gasteiger partial charge in [0, 0.05) is 26.1 Å². The maximum atomic E-state index is 12.1. The Balaban J connectivity index is 2.20. The van der Waals surface area contributed by atoms with Crippen molar-refractivity contribution < 1.29 is 18.0 Å². The minimum absolute atomic E-state index is 0.110. The third kappa shape index (κ3) is 5.88. The first kappa shape index (κ1) is 14.2. The van der Waals surface area contributed by atoms with Crippen LogP contribution in [0.15, 0.2) is 0 Å². The highest BCUT2D eigenvalue weighted by atomic mass is 19.4. The van der Waals surface area contributed by atoms with Gasteiger partial charge in [-0.3, -0.25) is 9.69 Å². The highest BCUT2D eigenvalue weighted by Crippen LogP contribution is 2.22. The number of nitrogens with one attached hydrogen (secondary N) is 1. The standard InChI is InChI=1S/C10H18F3N3O/c11-10(12,13)7-16-4-2-8(6-16)5-15-9(17)1-3-14/h8H,1-7,14H2,(H,15,17). The molecule has 0 radical (unpaired) electrons. The van der Waals surface area contributed by atoms with Crippen LogP contribution in [-0.4, -0.2) is 49.7 Å². The number of likely N-dealkylation sites (tertiary alicyclic amines) is 1. The molecule has 0 aromatic carbocycles. The van der Waals surface area contributed by atoms with Crippen molar-refractivity contribution in [3.63, 3.8) is 0 Å². The molecular weight excluding hydrogens is 235 g/mol. The molecule has 0 saturated carbocycles. The van der Waals surface area contributed by atoms with E-state index < -0.39 is 12.7 Å². The SMILES string of the molecule is NCCC(=O)NCC1CCN(CC(F)(F)F)C1. The van der Waals surface area contributed by atoms with Crippen molar-refractivity contribution >= 4 is 5.91 Å². The van der Waals surface area contributed by atoms with E-state index in [1.54, 1.807) is 0 Å². The zero-order chi connectivity index (χ0) is 12.9. The van der Waals surface area contributed by atoms with E-state index in [9.17, 15) is 18.0 Å². The van der Waals surface area contributed by atoms with Gasteiger partial charge in [0.25, 0.3) is 0 Å². The van der Waals surface area contributed by atoms with Gasteiger partial charge in [-0.2, -0.15) is 13.2 Å². The van der Waals surface area contributed by atoms with Gasteiger partial charge < -0.3 is 11.1 Å². The van der Waals surface area contributed by atoms with Crippen molar-refractivity contribution in [3.8, 4) is 0 Å². The summed E-state index contributed by atoms with van der Waals surface area (Å²) in [5, 5.41) is 2.68.